The Kier molecular flexibility index (Phi) is 4.44. The van der Waals surface area contributed by atoms with Gasteiger partial charge >= 0.3 is 6.18 Å². The lowest BCUT2D eigenvalue weighted by atomic mass is 9.76. The smallest absolute Gasteiger partial charge is 0.347 e. The highest BCUT2D eigenvalue weighted by Crippen LogP contribution is 2.31. The van der Waals surface area contributed by atoms with Crippen molar-refractivity contribution >= 4 is 11.8 Å². The second-order valence-corrected chi connectivity index (χ2v) is 5.07. The molecule has 0 aliphatic heterocycles. The first-order valence-corrected chi connectivity index (χ1v) is 5.90. The van der Waals surface area contributed by atoms with Crippen LogP contribution in [0.5, 0.6) is 0 Å². The zero-order valence-electron chi connectivity index (χ0n) is 11.0. The summed E-state index contributed by atoms with van der Waals surface area (Å²) in [7, 11) is 2.83. The van der Waals surface area contributed by atoms with Crippen molar-refractivity contribution in [1.29, 1.82) is 0 Å². The average Bonchev–Trinajstić information content (AvgIpc) is 2.21. The Bertz CT molecular complexity index is 365. The molecule has 1 rings (SSSR count). The molecule has 0 bridgehead atoms. The summed E-state index contributed by atoms with van der Waals surface area (Å²) in [5.41, 5.74) is 4.50. The van der Waals surface area contributed by atoms with Gasteiger partial charge < -0.3 is 15.5 Å². The summed E-state index contributed by atoms with van der Waals surface area (Å²) >= 11 is 0. The van der Waals surface area contributed by atoms with Gasteiger partial charge in [-0.3, -0.25) is 9.59 Å². The first kappa shape index (κ1) is 15.7. The van der Waals surface area contributed by atoms with Crippen molar-refractivity contribution in [2.75, 3.05) is 27.2 Å². The molecule has 1 aliphatic rings. The van der Waals surface area contributed by atoms with Crippen LogP contribution in [-0.2, 0) is 9.59 Å². The molecule has 0 spiro atoms. The molecule has 0 aromatic heterocycles. The Morgan fingerprint density at radius 1 is 1.26 bits per heavy atom. The number of alkyl halides is 3. The van der Waals surface area contributed by atoms with E-state index in [0.29, 0.717) is 24.2 Å². The molecule has 0 aromatic carbocycles. The van der Waals surface area contributed by atoms with Gasteiger partial charge in [-0.2, -0.15) is 13.2 Å². The summed E-state index contributed by atoms with van der Waals surface area (Å²) in [6.07, 6.45) is -3.13. The van der Waals surface area contributed by atoms with E-state index >= 15 is 0 Å². The minimum absolute atomic E-state index is 0.357. The number of amides is 2. The molecule has 19 heavy (non-hydrogen) atoms. The topological polar surface area (TPSA) is 66.6 Å². The van der Waals surface area contributed by atoms with E-state index in [-0.39, 0.29) is 0 Å². The predicted octanol–water partition coefficient (Wildman–Crippen LogP) is 0.347. The molecule has 0 aromatic rings. The lowest BCUT2D eigenvalue weighted by Gasteiger charge is -2.40. The van der Waals surface area contributed by atoms with E-state index in [4.69, 9.17) is 5.73 Å². The molecule has 0 heterocycles. The molecule has 0 radical (unpaired) electrons. The Labute approximate surface area is 109 Å². The van der Waals surface area contributed by atoms with Crippen LogP contribution in [0, 0.1) is 0 Å². The van der Waals surface area contributed by atoms with Gasteiger partial charge in [-0.25, -0.2) is 0 Å². The molecular weight excluding hydrogens is 263 g/mol. The third-order valence-corrected chi connectivity index (χ3v) is 3.15. The van der Waals surface area contributed by atoms with E-state index in [9.17, 15) is 22.8 Å². The fourth-order valence-corrected chi connectivity index (χ4v) is 1.81. The number of nitrogens with zero attached hydrogens (tertiary/aromatic N) is 2. The maximum Gasteiger partial charge on any atom is 0.406 e. The van der Waals surface area contributed by atoms with E-state index in [0.717, 1.165) is 4.90 Å². The Morgan fingerprint density at radius 2 is 1.79 bits per heavy atom. The predicted molar refractivity (Wildman–Crippen MR) is 62.1 cm³/mol. The maximum atomic E-state index is 12.5. The van der Waals surface area contributed by atoms with Crippen LogP contribution >= 0.6 is 0 Å². The van der Waals surface area contributed by atoms with Crippen molar-refractivity contribution in [3.63, 3.8) is 0 Å². The summed E-state index contributed by atoms with van der Waals surface area (Å²) in [6, 6.07) is 0. The van der Waals surface area contributed by atoms with Gasteiger partial charge in [0.1, 0.15) is 13.1 Å². The van der Waals surface area contributed by atoms with Gasteiger partial charge in [0, 0.05) is 14.1 Å². The van der Waals surface area contributed by atoms with Crippen molar-refractivity contribution in [3.05, 3.63) is 0 Å². The molecule has 0 saturated heterocycles. The van der Waals surface area contributed by atoms with Crippen LogP contribution in [0.3, 0.4) is 0 Å². The summed E-state index contributed by atoms with van der Waals surface area (Å²) in [5, 5.41) is 0. The van der Waals surface area contributed by atoms with Crippen LogP contribution in [0.4, 0.5) is 13.2 Å². The van der Waals surface area contributed by atoms with Crippen LogP contribution in [0.15, 0.2) is 0 Å². The van der Waals surface area contributed by atoms with Gasteiger partial charge in [-0.05, 0) is 19.3 Å². The third-order valence-electron chi connectivity index (χ3n) is 3.15. The second-order valence-electron chi connectivity index (χ2n) is 5.07. The van der Waals surface area contributed by atoms with Crippen molar-refractivity contribution in [2.45, 2.75) is 31.0 Å². The first-order valence-electron chi connectivity index (χ1n) is 5.90. The standard InChI is InChI=1S/C11H18F3N3O2/c1-16(2)8(18)6-17(7-11(12,13)14)9(19)10(15)4-3-5-10/h3-7,15H2,1-2H3. The summed E-state index contributed by atoms with van der Waals surface area (Å²) in [5.74, 6) is -1.37. The normalized spacial score (nSPS) is 17.6. The monoisotopic (exact) mass is 281 g/mol. The van der Waals surface area contributed by atoms with Gasteiger partial charge in [0.15, 0.2) is 0 Å². The second kappa shape index (κ2) is 5.36. The van der Waals surface area contributed by atoms with Crippen molar-refractivity contribution in [3.8, 4) is 0 Å². The molecule has 2 N–H and O–H groups in total. The van der Waals surface area contributed by atoms with Gasteiger partial charge in [-0.1, -0.05) is 0 Å². The van der Waals surface area contributed by atoms with Crippen LogP contribution in [0.2, 0.25) is 0 Å². The lowest BCUT2D eigenvalue weighted by Crippen LogP contribution is -2.61. The SMILES string of the molecule is CN(C)C(=O)CN(CC(F)(F)F)C(=O)C1(N)CCC1. The lowest BCUT2D eigenvalue weighted by molar-refractivity contribution is -0.168. The fraction of sp³-hybridized carbons (Fsp3) is 0.818. The van der Waals surface area contributed by atoms with Gasteiger partial charge in [-0.15, -0.1) is 0 Å². The molecule has 1 fully saturated rings. The Morgan fingerprint density at radius 3 is 2.11 bits per heavy atom. The number of hydrogen-bond donors (Lipinski definition) is 1. The molecule has 5 nitrogen and oxygen atoms in total. The Hall–Kier alpha value is -1.31. The van der Waals surface area contributed by atoms with Gasteiger partial charge in [0.2, 0.25) is 11.8 Å². The van der Waals surface area contributed by atoms with Crippen molar-refractivity contribution in [2.24, 2.45) is 5.73 Å². The summed E-state index contributed by atoms with van der Waals surface area (Å²) < 4.78 is 37.4. The van der Waals surface area contributed by atoms with Crippen LogP contribution in [0.25, 0.3) is 0 Å². The molecule has 1 saturated carbocycles. The molecule has 0 unspecified atom stereocenters. The summed E-state index contributed by atoms with van der Waals surface area (Å²) in [4.78, 5) is 25.2. The highest BCUT2D eigenvalue weighted by molar-refractivity contribution is 5.90. The minimum Gasteiger partial charge on any atom is -0.347 e. The molecular formula is C11H18F3N3O2. The average molecular weight is 281 g/mol. The Balaban J connectivity index is 2.80. The highest BCUT2D eigenvalue weighted by atomic mass is 19.4. The molecule has 110 valence electrons. The van der Waals surface area contributed by atoms with Crippen molar-refractivity contribution in [1.82, 2.24) is 9.80 Å². The number of rotatable bonds is 4. The van der Waals surface area contributed by atoms with E-state index in [2.05, 4.69) is 0 Å². The number of carbonyl (C=O) groups excluding carboxylic acids is 2. The number of nitrogens with two attached hydrogens (primary N) is 1. The third kappa shape index (κ3) is 4.09. The van der Waals surface area contributed by atoms with Crippen molar-refractivity contribution < 1.29 is 22.8 Å². The van der Waals surface area contributed by atoms with Crippen LogP contribution in [0.1, 0.15) is 19.3 Å². The molecule has 2 amide bonds. The van der Waals surface area contributed by atoms with E-state index in [1.807, 2.05) is 0 Å². The molecule has 8 heteroatoms. The molecule has 1 aliphatic carbocycles. The fourth-order valence-electron chi connectivity index (χ4n) is 1.81. The minimum atomic E-state index is -4.55. The first-order chi connectivity index (χ1) is 8.55. The van der Waals surface area contributed by atoms with E-state index in [1.54, 1.807) is 0 Å². The zero-order chi connectivity index (χ0) is 14.8. The highest BCUT2D eigenvalue weighted by Gasteiger charge is 2.45. The van der Waals surface area contributed by atoms with E-state index < -0.39 is 36.6 Å². The maximum absolute atomic E-state index is 12.5. The molecule has 0 atom stereocenters. The van der Waals surface area contributed by atoms with Gasteiger partial charge in [0.25, 0.3) is 0 Å². The quantitative estimate of drug-likeness (QED) is 0.808. The van der Waals surface area contributed by atoms with Crippen LogP contribution in [-0.4, -0.2) is 60.5 Å². The van der Waals surface area contributed by atoms with Crippen LogP contribution < -0.4 is 5.73 Å². The van der Waals surface area contributed by atoms with E-state index in [1.165, 1.54) is 14.1 Å². The zero-order valence-corrected chi connectivity index (χ0v) is 11.0. The number of likely N-dealkylation sites (N-methyl/N-ethyl adjacent to an activating group) is 1. The number of carbonyl (C=O) groups is 2. The number of halogens is 3. The van der Waals surface area contributed by atoms with Gasteiger partial charge in [0.05, 0.1) is 5.54 Å². The largest absolute Gasteiger partial charge is 0.406 e. The summed E-state index contributed by atoms with van der Waals surface area (Å²) in [6.45, 7) is -2.06. The number of hydrogen-bond acceptors (Lipinski definition) is 3.